The number of thiophene rings is 1. The first-order valence-corrected chi connectivity index (χ1v) is 8.08. The molecular formula is C16H17ClNNaO2S. The number of benzene rings is 1. The topological polar surface area (TPSA) is 29.5 Å². The zero-order valence-corrected chi connectivity index (χ0v) is 13.3. The van der Waals surface area contributed by atoms with Crippen molar-refractivity contribution in [3.8, 4) is 0 Å². The van der Waals surface area contributed by atoms with Crippen molar-refractivity contribution in [3.05, 3.63) is 56.7 Å². The van der Waals surface area contributed by atoms with Gasteiger partial charge >= 0.3 is 35.5 Å². The molecule has 1 aliphatic rings. The van der Waals surface area contributed by atoms with Crippen molar-refractivity contribution in [2.45, 2.75) is 19.0 Å². The molecule has 1 atom stereocenters. The van der Waals surface area contributed by atoms with Crippen LogP contribution >= 0.6 is 22.9 Å². The molecule has 3 rings (SSSR count). The summed E-state index contributed by atoms with van der Waals surface area (Å²) in [5.74, 6) is -0.262. The van der Waals surface area contributed by atoms with Crippen LogP contribution in [0.2, 0.25) is 5.02 Å². The standard InChI is InChI=1S/C16H16ClNO2S.Na.H/c1-20-16(19)15(12-4-2-3-5-13(12)17)18-8-6-14-11(10-18)7-9-21-14;;/h2-5,7,9,15H,6,8,10H2,1H3;;. The van der Waals surface area contributed by atoms with Gasteiger partial charge in [-0.1, -0.05) is 29.8 Å². The fourth-order valence-electron chi connectivity index (χ4n) is 2.77. The molecule has 2 aromatic rings. The molecule has 0 saturated heterocycles. The maximum atomic E-state index is 12.3. The Morgan fingerprint density at radius 3 is 2.86 bits per heavy atom. The van der Waals surface area contributed by atoms with Crippen molar-refractivity contribution in [1.29, 1.82) is 0 Å². The number of hydrogen-bond acceptors (Lipinski definition) is 4. The predicted octanol–water partition coefficient (Wildman–Crippen LogP) is 3.03. The number of carbonyl (C=O) groups excluding carboxylic acids is 1. The molecule has 22 heavy (non-hydrogen) atoms. The molecule has 1 unspecified atom stereocenters. The molecule has 0 radical (unpaired) electrons. The molecule has 3 nitrogen and oxygen atoms in total. The minimum atomic E-state index is -0.447. The molecule has 0 saturated carbocycles. The van der Waals surface area contributed by atoms with E-state index in [4.69, 9.17) is 16.3 Å². The molecule has 1 aliphatic heterocycles. The third-order valence-corrected chi connectivity index (χ3v) is 5.19. The second kappa shape index (κ2) is 7.95. The molecule has 0 amide bonds. The Labute approximate surface area is 161 Å². The number of carbonyl (C=O) groups is 1. The average molecular weight is 346 g/mol. The number of fused-ring (bicyclic) bond motifs is 1. The third kappa shape index (κ3) is 3.58. The molecule has 1 aromatic heterocycles. The fourth-order valence-corrected chi connectivity index (χ4v) is 3.90. The van der Waals surface area contributed by atoms with Gasteiger partial charge in [-0.15, -0.1) is 11.3 Å². The van der Waals surface area contributed by atoms with Gasteiger partial charge in [-0.2, -0.15) is 0 Å². The van der Waals surface area contributed by atoms with E-state index in [0.717, 1.165) is 25.1 Å². The number of hydrogen-bond donors (Lipinski definition) is 0. The SMILES string of the molecule is COC(=O)C(c1ccccc1Cl)N1CCc2sccc2C1.[NaH]. The summed E-state index contributed by atoms with van der Waals surface area (Å²) in [5.41, 5.74) is 2.11. The number of methoxy groups -OCH3 is 1. The zero-order valence-electron chi connectivity index (χ0n) is 11.7. The molecular weight excluding hydrogens is 329 g/mol. The third-order valence-electron chi connectivity index (χ3n) is 3.83. The Morgan fingerprint density at radius 2 is 2.14 bits per heavy atom. The first-order valence-electron chi connectivity index (χ1n) is 6.82. The van der Waals surface area contributed by atoms with Gasteiger partial charge in [0.25, 0.3) is 0 Å². The molecule has 0 fully saturated rings. The summed E-state index contributed by atoms with van der Waals surface area (Å²) in [4.78, 5) is 15.8. The Balaban J connectivity index is 0.00000176. The Morgan fingerprint density at radius 1 is 1.36 bits per heavy atom. The van der Waals surface area contributed by atoms with E-state index in [2.05, 4.69) is 16.3 Å². The van der Waals surface area contributed by atoms with Gasteiger partial charge < -0.3 is 4.74 Å². The summed E-state index contributed by atoms with van der Waals surface area (Å²) in [6.45, 7) is 1.59. The van der Waals surface area contributed by atoms with Gasteiger partial charge in [-0.3, -0.25) is 4.90 Å². The van der Waals surface area contributed by atoms with Crippen molar-refractivity contribution in [2.75, 3.05) is 13.7 Å². The van der Waals surface area contributed by atoms with Crippen LogP contribution in [0.1, 0.15) is 22.0 Å². The van der Waals surface area contributed by atoms with Gasteiger partial charge in [0.05, 0.1) is 7.11 Å². The van der Waals surface area contributed by atoms with Crippen LogP contribution in [0, 0.1) is 0 Å². The number of nitrogens with zero attached hydrogens (tertiary/aromatic N) is 1. The van der Waals surface area contributed by atoms with E-state index in [0.29, 0.717) is 5.02 Å². The van der Waals surface area contributed by atoms with E-state index >= 15 is 0 Å². The predicted molar refractivity (Wildman–Crippen MR) is 91.8 cm³/mol. The summed E-state index contributed by atoms with van der Waals surface area (Å²) < 4.78 is 5.01. The second-order valence-electron chi connectivity index (χ2n) is 5.04. The van der Waals surface area contributed by atoms with Gasteiger partial charge in [0.2, 0.25) is 0 Å². The number of esters is 1. The van der Waals surface area contributed by atoms with E-state index in [1.165, 1.54) is 17.6 Å². The van der Waals surface area contributed by atoms with Gasteiger partial charge in [0.15, 0.2) is 0 Å². The summed E-state index contributed by atoms with van der Waals surface area (Å²) in [6.07, 6.45) is 0.963. The zero-order chi connectivity index (χ0) is 14.8. The summed E-state index contributed by atoms with van der Waals surface area (Å²) >= 11 is 8.07. The van der Waals surface area contributed by atoms with Crippen LogP contribution in [0.5, 0.6) is 0 Å². The summed E-state index contributed by atoms with van der Waals surface area (Å²) in [5, 5.41) is 2.71. The van der Waals surface area contributed by atoms with Crippen LogP contribution < -0.4 is 0 Å². The molecule has 0 aliphatic carbocycles. The van der Waals surface area contributed by atoms with Crippen molar-refractivity contribution in [1.82, 2.24) is 4.90 Å². The second-order valence-corrected chi connectivity index (χ2v) is 6.44. The van der Waals surface area contributed by atoms with Crippen LogP contribution in [-0.2, 0) is 22.5 Å². The van der Waals surface area contributed by atoms with E-state index in [9.17, 15) is 4.79 Å². The molecule has 0 N–H and O–H groups in total. The minimum absolute atomic E-state index is 0. The molecule has 112 valence electrons. The first-order chi connectivity index (χ1) is 10.2. The normalized spacial score (nSPS) is 15.5. The van der Waals surface area contributed by atoms with E-state index in [1.807, 2.05) is 24.3 Å². The summed E-state index contributed by atoms with van der Waals surface area (Å²) in [6, 6.07) is 9.16. The number of halogens is 1. The monoisotopic (exact) mass is 345 g/mol. The van der Waals surface area contributed by atoms with E-state index < -0.39 is 6.04 Å². The molecule has 6 heteroatoms. The number of ether oxygens (including phenoxy) is 1. The van der Waals surface area contributed by atoms with Gasteiger partial charge in [0, 0.05) is 23.0 Å². The van der Waals surface area contributed by atoms with E-state index in [-0.39, 0.29) is 35.5 Å². The van der Waals surface area contributed by atoms with Crippen LogP contribution in [0.4, 0.5) is 0 Å². The Kier molecular flexibility index (Phi) is 6.50. The van der Waals surface area contributed by atoms with Gasteiger partial charge in [0.1, 0.15) is 6.04 Å². The van der Waals surface area contributed by atoms with Crippen LogP contribution in [0.3, 0.4) is 0 Å². The van der Waals surface area contributed by atoms with E-state index in [1.54, 1.807) is 11.3 Å². The van der Waals surface area contributed by atoms with Gasteiger partial charge in [-0.25, -0.2) is 4.79 Å². The quantitative estimate of drug-likeness (QED) is 0.632. The molecule has 2 heterocycles. The summed E-state index contributed by atoms with van der Waals surface area (Å²) in [7, 11) is 1.42. The van der Waals surface area contributed by atoms with Gasteiger partial charge in [-0.05, 0) is 35.1 Å². The average Bonchev–Trinajstić information content (AvgIpc) is 2.97. The fraction of sp³-hybridized carbons (Fsp3) is 0.312. The van der Waals surface area contributed by atoms with Crippen LogP contribution in [-0.4, -0.2) is 54.1 Å². The van der Waals surface area contributed by atoms with Crippen molar-refractivity contribution in [2.24, 2.45) is 0 Å². The van der Waals surface area contributed by atoms with Crippen molar-refractivity contribution >= 4 is 58.5 Å². The Bertz CT molecular complexity index is 661. The maximum absolute atomic E-state index is 12.3. The Hall–Kier alpha value is -0.360. The van der Waals surface area contributed by atoms with Crippen molar-refractivity contribution < 1.29 is 9.53 Å². The van der Waals surface area contributed by atoms with Crippen molar-refractivity contribution in [3.63, 3.8) is 0 Å². The van der Waals surface area contributed by atoms with Crippen LogP contribution in [0.15, 0.2) is 35.7 Å². The molecule has 0 spiro atoms. The number of rotatable bonds is 3. The van der Waals surface area contributed by atoms with Crippen LogP contribution in [0.25, 0.3) is 0 Å². The first kappa shape index (κ1) is 18.0. The molecule has 0 bridgehead atoms. The molecule has 1 aromatic carbocycles.